The van der Waals surface area contributed by atoms with Gasteiger partial charge in [0.2, 0.25) is 0 Å². The Balaban J connectivity index is 1.70. The number of benzene rings is 2. The maximum Gasteiger partial charge on any atom is 0.338 e. The first kappa shape index (κ1) is 19.3. The highest BCUT2D eigenvalue weighted by Gasteiger charge is 2.20. The second kappa shape index (κ2) is 7.67. The molecule has 0 unspecified atom stereocenters. The number of esters is 1. The van der Waals surface area contributed by atoms with E-state index in [0.717, 1.165) is 23.5 Å². The summed E-state index contributed by atoms with van der Waals surface area (Å²) in [6.45, 7) is 5.04. The fraction of sp³-hybridized carbons (Fsp3) is 0.200. The zero-order chi connectivity index (χ0) is 20.4. The molecule has 6 nitrogen and oxygen atoms in total. The molecule has 1 amide bonds. The van der Waals surface area contributed by atoms with E-state index in [1.807, 2.05) is 13.8 Å². The van der Waals surface area contributed by atoms with E-state index in [1.165, 1.54) is 25.1 Å². The lowest BCUT2D eigenvalue weighted by Gasteiger charge is -2.14. The summed E-state index contributed by atoms with van der Waals surface area (Å²) in [6.07, 6.45) is -1.15. The van der Waals surface area contributed by atoms with Crippen molar-refractivity contribution in [1.82, 2.24) is 9.97 Å². The minimum absolute atomic E-state index is 0.0543. The Morgan fingerprint density at radius 3 is 2.32 bits per heavy atom. The van der Waals surface area contributed by atoms with E-state index in [9.17, 15) is 18.4 Å². The number of rotatable bonds is 4. The van der Waals surface area contributed by atoms with Gasteiger partial charge >= 0.3 is 5.97 Å². The van der Waals surface area contributed by atoms with Crippen molar-refractivity contribution in [2.75, 3.05) is 5.32 Å². The van der Waals surface area contributed by atoms with Crippen LogP contribution in [0.4, 0.5) is 14.5 Å². The van der Waals surface area contributed by atoms with Gasteiger partial charge in [0, 0.05) is 11.8 Å². The molecule has 3 rings (SSSR count). The lowest BCUT2D eigenvalue weighted by molar-refractivity contribution is -0.123. The van der Waals surface area contributed by atoms with Gasteiger partial charge in [-0.25, -0.2) is 23.5 Å². The molecule has 0 saturated heterocycles. The number of carbonyl (C=O) groups is 2. The van der Waals surface area contributed by atoms with Gasteiger partial charge in [-0.3, -0.25) is 4.79 Å². The van der Waals surface area contributed by atoms with Crippen molar-refractivity contribution < 1.29 is 23.1 Å². The third-order valence-electron chi connectivity index (χ3n) is 4.15. The quantitative estimate of drug-likeness (QED) is 0.693. The van der Waals surface area contributed by atoms with E-state index < -0.39 is 29.6 Å². The van der Waals surface area contributed by atoms with Gasteiger partial charge in [0.25, 0.3) is 5.91 Å². The molecule has 8 heteroatoms. The number of nitrogens with one attached hydrogen (secondary N) is 1. The number of aromatic nitrogens is 2. The highest BCUT2D eigenvalue weighted by Crippen LogP contribution is 2.17. The van der Waals surface area contributed by atoms with Crippen molar-refractivity contribution in [1.29, 1.82) is 0 Å². The molecule has 0 aliphatic carbocycles. The molecule has 28 heavy (non-hydrogen) atoms. The highest BCUT2D eigenvalue weighted by molar-refractivity contribution is 5.98. The molecule has 144 valence electrons. The average Bonchev–Trinajstić information content (AvgIpc) is 2.65. The number of hydrogen-bond donors (Lipinski definition) is 1. The van der Waals surface area contributed by atoms with Crippen LogP contribution in [0.25, 0.3) is 11.0 Å². The first-order chi connectivity index (χ1) is 13.2. The summed E-state index contributed by atoms with van der Waals surface area (Å²) in [5.41, 5.74) is 3.00. The second-order valence-electron chi connectivity index (χ2n) is 6.26. The molecule has 0 fully saturated rings. The van der Waals surface area contributed by atoms with Crippen LogP contribution in [0.15, 0.2) is 36.4 Å². The molecule has 1 aromatic heterocycles. The Bertz CT molecular complexity index is 1090. The molecular formula is C20H17F2N3O3. The van der Waals surface area contributed by atoms with Crippen LogP contribution in [0.2, 0.25) is 0 Å². The molecule has 2 aromatic carbocycles. The first-order valence-corrected chi connectivity index (χ1v) is 8.46. The number of ether oxygens (including phenoxy) is 1. The summed E-state index contributed by atoms with van der Waals surface area (Å²) in [4.78, 5) is 33.3. The van der Waals surface area contributed by atoms with Crippen molar-refractivity contribution in [2.45, 2.75) is 26.9 Å². The van der Waals surface area contributed by atoms with Crippen LogP contribution in [0.3, 0.4) is 0 Å². The van der Waals surface area contributed by atoms with E-state index in [-0.39, 0.29) is 11.3 Å². The Hall–Kier alpha value is -3.42. The largest absolute Gasteiger partial charge is 0.449 e. The molecule has 0 aliphatic heterocycles. The van der Waals surface area contributed by atoms with Crippen LogP contribution in [-0.4, -0.2) is 27.9 Å². The van der Waals surface area contributed by atoms with Crippen LogP contribution < -0.4 is 5.32 Å². The zero-order valence-corrected chi connectivity index (χ0v) is 15.4. The second-order valence-corrected chi connectivity index (χ2v) is 6.26. The van der Waals surface area contributed by atoms with E-state index in [2.05, 4.69) is 15.3 Å². The number of hydrogen-bond acceptors (Lipinski definition) is 5. The molecule has 0 radical (unpaired) electrons. The van der Waals surface area contributed by atoms with E-state index in [4.69, 9.17) is 4.74 Å². The summed E-state index contributed by atoms with van der Waals surface area (Å²) in [7, 11) is 0. The zero-order valence-electron chi connectivity index (χ0n) is 15.4. The summed E-state index contributed by atoms with van der Waals surface area (Å²) in [6, 6.07) is 7.66. The molecule has 1 N–H and O–H groups in total. The average molecular weight is 385 g/mol. The maximum absolute atomic E-state index is 13.2. The summed E-state index contributed by atoms with van der Waals surface area (Å²) in [5, 5.41) is 2.36. The van der Waals surface area contributed by atoms with Crippen LogP contribution >= 0.6 is 0 Å². The Morgan fingerprint density at radius 2 is 1.64 bits per heavy atom. The third-order valence-corrected chi connectivity index (χ3v) is 4.15. The monoisotopic (exact) mass is 385 g/mol. The highest BCUT2D eigenvalue weighted by atomic mass is 19.2. The minimum Gasteiger partial charge on any atom is -0.449 e. The molecule has 0 aliphatic rings. The Labute approximate surface area is 159 Å². The minimum atomic E-state index is -1.15. The fourth-order valence-corrected chi connectivity index (χ4v) is 2.46. The van der Waals surface area contributed by atoms with E-state index in [0.29, 0.717) is 11.0 Å². The predicted molar refractivity (Wildman–Crippen MR) is 98.9 cm³/mol. The van der Waals surface area contributed by atoms with Crippen LogP contribution in [0.5, 0.6) is 0 Å². The molecule has 0 saturated carbocycles. The van der Waals surface area contributed by atoms with E-state index in [1.54, 1.807) is 6.07 Å². The summed E-state index contributed by atoms with van der Waals surface area (Å²) < 4.78 is 31.3. The summed E-state index contributed by atoms with van der Waals surface area (Å²) >= 11 is 0. The van der Waals surface area contributed by atoms with Crippen LogP contribution in [0.1, 0.15) is 28.7 Å². The molecule has 0 bridgehead atoms. The molecular weight excluding hydrogens is 368 g/mol. The lowest BCUT2D eigenvalue weighted by Crippen LogP contribution is -2.30. The van der Waals surface area contributed by atoms with Crippen molar-refractivity contribution in [3.63, 3.8) is 0 Å². The van der Waals surface area contributed by atoms with Crippen molar-refractivity contribution in [3.05, 3.63) is 65.0 Å². The van der Waals surface area contributed by atoms with Gasteiger partial charge in [-0.1, -0.05) is 0 Å². The number of amides is 1. The molecule has 1 atom stereocenters. The number of aryl methyl sites for hydroxylation is 2. The first-order valence-electron chi connectivity index (χ1n) is 8.46. The number of halogens is 2. The smallest absolute Gasteiger partial charge is 0.338 e. The number of fused-ring (bicyclic) bond motifs is 1. The van der Waals surface area contributed by atoms with Gasteiger partial charge in [-0.05, 0) is 51.1 Å². The third kappa shape index (κ3) is 4.11. The number of carbonyl (C=O) groups excluding carboxylic acids is 2. The SMILES string of the molecule is Cc1nc2ccc(C(=O)O[C@H](C)C(=O)Nc3ccc(F)c(F)c3)cc2nc1C. The topological polar surface area (TPSA) is 81.2 Å². The van der Waals surface area contributed by atoms with Gasteiger partial charge in [-0.15, -0.1) is 0 Å². The Kier molecular flexibility index (Phi) is 5.30. The molecule has 3 aromatic rings. The van der Waals surface area contributed by atoms with Gasteiger partial charge < -0.3 is 10.1 Å². The van der Waals surface area contributed by atoms with Crippen molar-refractivity contribution in [3.8, 4) is 0 Å². The molecule has 1 heterocycles. The number of nitrogens with zero attached hydrogens (tertiary/aromatic N) is 2. The van der Waals surface area contributed by atoms with Crippen molar-refractivity contribution in [2.24, 2.45) is 0 Å². The standard InChI is InChI=1S/C20H17F2N3O3/c1-10-11(2)24-18-8-13(4-7-17(18)23-10)20(27)28-12(3)19(26)25-14-5-6-15(21)16(22)9-14/h4-9,12H,1-3H3,(H,25,26)/t12-/m1/s1. The van der Waals surface area contributed by atoms with E-state index >= 15 is 0 Å². The van der Waals surface area contributed by atoms with Crippen LogP contribution in [-0.2, 0) is 9.53 Å². The molecule has 0 spiro atoms. The van der Waals surface area contributed by atoms with Crippen LogP contribution in [0, 0.1) is 25.5 Å². The predicted octanol–water partition coefficient (Wildman–Crippen LogP) is 3.71. The lowest BCUT2D eigenvalue weighted by atomic mass is 10.2. The normalized spacial score (nSPS) is 11.9. The van der Waals surface area contributed by atoms with Gasteiger partial charge in [0.1, 0.15) is 0 Å². The van der Waals surface area contributed by atoms with Gasteiger partial charge in [0.15, 0.2) is 17.7 Å². The number of anilines is 1. The van der Waals surface area contributed by atoms with Gasteiger partial charge in [-0.2, -0.15) is 0 Å². The van der Waals surface area contributed by atoms with Gasteiger partial charge in [0.05, 0.1) is 28.0 Å². The maximum atomic E-state index is 13.2. The summed E-state index contributed by atoms with van der Waals surface area (Å²) in [5.74, 6) is -3.51. The van der Waals surface area contributed by atoms with Crippen molar-refractivity contribution >= 4 is 28.6 Å². The fourth-order valence-electron chi connectivity index (χ4n) is 2.46. The Morgan fingerprint density at radius 1 is 0.964 bits per heavy atom.